The van der Waals surface area contributed by atoms with Crippen LogP contribution in [-0.2, 0) is 0 Å². The predicted octanol–water partition coefficient (Wildman–Crippen LogP) is 2.33. The minimum Gasteiger partial charge on any atom is -0.368 e. The van der Waals surface area contributed by atoms with Gasteiger partial charge in [0, 0.05) is 24.3 Å². The van der Waals surface area contributed by atoms with Crippen LogP contribution in [-0.4, -0.2) is 40.5 Å². The fourth-order valence-corrected chi connectivity index (χ4v) is 2.41. The van der Waals surface area contributed by atoms with E-state index in [9.17, 15) is 0 Å². The molecule has 0 spiro atoms. The van der Waals surface area contributed by atoms with Crippen LogP contribution in [0.3, 0.4) is 0 Å². The van der Waals surface area contributed by atoms with Crippen molar-refractivity contribution in [2.24, 2.45) is 0 Å². The maximum atomic E-state index is 5.82. The molecule has 1 aliphatic heterocycles. The quantitative estimate of drug-likeness (QED) is 0.838. The Kier molecular flexibility index (Phi) is 4.18. The SMILES string of the molecule is Cc1cc(NCC(C)N2CCCC2)nc(Cl)n1. The van der Waals surface area contributed by atoms with Crippen molar-refractivity contribution in [2.45, 2.75) is 32.7 Å². The second kappa shape index (κ2) is 5.65. The molecule has 4 nitrogen and oxygen atoms in total. The molecule has 5 heteroatoms. The Morgan fingerprint density at radius 3 is 2.76 bits per heavy atom. The van der Waals surface area contributed by atoms with Crippen molar-refractivity contribution in [3.8, 4) is 0 Å². The molecule has 0 aromatic carbocycles. The third-order valence-corrected chi connectivity index (χ3v) is 3.34. The van der Waals surface area contributed by atoms with E-state index in [1.165, 1.54) is 25.9 Å². The van der Waals surface area contributed by atoms with Gasteiger partial charge in [-0.15, -0.1) is 0 Å². The summed E-state index contributed by atoms with van der Waals surface area (Å²) < 4.78 is 0. The van der Waals surface area contributed by atoms with Crippen LogP contribution in [0.25, 0.3) is 0 Å². The van der Waals surface area contributed by atoms with Gasteiger partial charge in [-0.3, -0.25) is 4.90 Å². The lowest BCUT2D eigenvalue weighted by Crippen LogP contribution is -2.35. The van der Waals surface area contributed by atoms with Crippen LogP contribution in [0.5, 0.6) is 0 Å². The van der Waals surface area contributed by atoms with Crippen LogP contribution in [0.15, 0.2) is 6.07 Å². The Morgan fingerprint density at radius 1 is 1.41 bits per heavy atom. The van der Waals surface area contributed by atoms with Gasteiger partial charge in [0.1, 0.15) is 5.82 Å². The van der Waals surface area contributed by atoms with E-state index in [-0.39, 0.29) is 0 Å². The fraction of sp³-hybridized carbons (Fsp3) is 0.667. The Morgan fingerprint density at radius 2 is 2.12 bits per heavy atom. The summed E-state index contributed by atoms with van der Waals surface area (Å²) in [5.74, 6) is 0.813. The Bertz CT molecular complexity index is 357. The molecule has 1 aliphatic rings. The smallest absolute Gasteiger partial charge is 0.224 e. The third-order valence-electron chi connectivity index (χ3n) is 3.17. The van der Waals surface area contributed by atoms with Crippen molar-refractivity contribution in [2.75, 3.05) is 25.0 Å². The summed E-state index contributed by atoms with van der Waals surface area (Å²) in [7, 11) is 0. The van der Waals surface area contributed by atoms with E-state index in [4.69, 9.17) is 11.6 Å². The van der Waals surface area contributed by atoms with E-state index >= 15 is 0 Å². The van der Waals surface area contributed by atoms with Crippen LogP contribution in [0.1, 0.15) is 25.5 Å². The molecule has 0 bridgehead atoms. The zero-order chi connectivity index (χ0) is 12.3. The number of nitrogens with one attached hydrogen (secondary N) is 1. The summed E-state index contributed by atoms with van der Waals surface area (Å²) >= 11 is 5.82. The monoisotopic (exact) mass is 254 g/mol. The topological polar surface area (TPSA) is 41.0 Å². The Balaban J connectivity index is 1.88. The molecule has 1 aromatic rings. The summed E-state index contributed by atoms with van der Waals surface area (Å²) in [5.41, 5.74) is 0.890. The molecule has 0 amide bonds. The van der Waals surface area contributed by atoms with E-state index in [1.54, 1.807) is 0 Å². The van der Waals surface area contributed by atoms with Crippen LogP contribution < -0.4 is 5.32 Å². The number of rotatable bonds is 4. The Labute approximate surface area is 107 Å². The highest BCUT2D eigenvalue weighted by atomic mass is 35.5. The predicted molar refractivity (Wildman–Crippen MR) is 70.5 cm³/mol. The highest BCUT2D eigenvalue weighted by Crippen LogP contribution is 2.13. The van der Waals surface area contributed by atoms with Gasteiger partial charge in [-0.05, 0) is 51.4 Å². The third kappa shape index (κ3) is 3.54. The van der Waals surface area contributed by atoms with Gasteiger partial charge >= 0.3 is 0 Å². The van der Waals surface area contributed by atoms with E-state index in [2.05, 4.69) is 27.1 Å². The molecule has 1 saturated heterocycles. The molecule has 2 rings (SSSR count). The largest absolute Gasteiger partial charge is 0.368 e. The first-order chi connectivity index (χ1) is 8.15. The van der Waals surface area contributed by atoms with Gasteiger partial charge in [0.25, 0.3) is 0 Å². The molecule has 1 unspecified atom stereocenters. The van der Waals surface area contributed by atoms with Crippen LogP contribution in [0.2, 0.25) is 5.28 Å². The van der Waals surface area contributed by atoms with Crippen molar-refractivity contribution >= 4 is 17.4 Å². The van der Waals surface area contributed by atoms with Crippen molar-refractivity contribution < 1.29 is 0 Å². The molecule has 1 aromatic heterocycles. The summed E-state index contributed by atoms with van der Waals surface area (Å²) in [6, 6.07) is 2.45. The first-order valence-corrected chi connectivity index (χ1v) is 6.52. The maximum absolute atomic E-state index is 5.82. The molecule has 17 heavy (non-hydrogen) atoms. The van der Waals surface area contributed by atoms with E-state index in [0.717, 1.165) is 18.1 Å². The minimum atomic E-state index is 0.307. The van der Waals surface area contributed by atoms with Crippen LogP contribution in [0, 0.1) is 6.92 Å². The highest BCUT2D eigenvalue weighted by molar-refractivity contribution is 6.28. The number of hydrogen-bond acceptors (Lipinski definition) is 4. The van der Waals surface area contributed by atoms with E-state index in [1.807, 2.05) is 13.0 Å². The lowest BCUT2D eigenvalue weighted by atomic mass is 10.3. The lowest BCUT2D eigenvalue weighted by Gasteiger charge is -2.24. The summed E-state index contributed by atoms with van der Waals surface area (Å²) in [5, 5.41) is 3.63. The molecule has 0 saturated carbocycles. The number of aromatic nitrogens is 2. The highest BCUT2D eigenvalue weighted by Gasteiger charge is 2.17. The molecule has 1 fully saturated rings. The van der Waals surface area contributed by atoms with Gasteiger partial charge in [-0.1, -0.05) is 0 Å². The van der Waals surface area contributed by atoms with Crippen LogP contribution >= 0.6 is 11.6 Å². The van der Waals surface area contributed by atoms with Crippen molar-refractivity contribution in [3.63, 3.8) is 0 Å². The maximum Gasteiger partial charge on any atom is 0.224 e. The fourth-order valence-electron chi connectivity index (χ4n) is 2.19. The second-order valence-corrected chi connectivity index (χ2v) is 4.97. The first-order valence-electron chi connectivity index (χ1n) is 6.14. The zero-order valence-electron chi connectivity index (χ0n) is 10.4. The molecule has 0 aliphatic carbocycles. The van der Waals surface area contributed by atoms with E-state index in [0.29, 0.717) is 11.3 Å². The van der Waals surface area contributed by atoms with Gasteiger partial charge in [-0.25, -0.2) is 9.97 Å². The number of halogens is 1. The molecule has 1 atom stereocenters. The minimum absolute atomic E-state index is 0.307. The average Bonchev–Trinajstić information content (AvgIpc) is 2.78. The molecular weight excluding hydrogens is 236 g/mol. The van der Waals surface area contributed by atoms with Crippen molar-refractivity contribution in [1.29, 1.82) is 0 Å². The zero-order valence-corrected chi connectivity index (χ0v) is 11.2. The summed E-state index contributed by atoms with van der Waals surface area (Å²) in [6.07, 6.45) is 2.64. The number of likely N-dealkylation sites (tertiary alicyclic amines) is 1. The number of anilines is 1. The standard InChI is InChI=1S/C12H19ClN4/c1-9-7-11(16-12(13)15-9)14-8-10(2)17-5-3-4-6-17/h7,10H,3-6,8H2,1-2H3,(H,14,15,16). The first kappa shape index (κ1) is 12.6. The second-order valence-electron chi connectivity index (χ2n) is 4.64. The van der Waals surface area contributed by atoms with Crippen molar-refractivity contribution in [3.05, 3.63) is 17.0 Å². The number of hydrogen-bond donors (Lipinski definition) is 1. The molecule has 94 valence electrons. The van der Waals surface area contributed by atoms with Gasteiger partial charge in [0.05, 0.1) is 0 Å². The van der Waals surface area contributed by atoms with Crippen molar-refractivity contribution in [1.82, 2.24) is 14.9 Å². The van der Waals surface area contributed by atoms with E-state index < -0.39 is 0 Å². The molecule has 0 radical (unpaired) electrons. The van der Waals surface area contributed by atoms with Gasteiger partial charge < -0.3 is 5.32 Å². The van der Waals surface area contributed by atoms with Gasteiger partial charge in [-0.2, -0.15) is 0 Å². The lowest BCUT2D eigenvalue weighted by molar-refractivity contribution is 0.269. The normalized spacial score (nSPS) is 18.3. The summed E-state index contributed by atoms with van der Waals surface area (Å²) in [4.78, 5) is 10.7. The number of nitrogens with zero attached hydrogens (tertiary/aromatic N) is 3. The molecular formula is C12H19ClN4. The van der Waals surface area contributed by atoms with Gasteiger partial charge in [0.15, 0.2) is 0 Å². The van der Waals surface area contributed by atoms with Gasteiger partial charge in [0.2, 0.25) is 5.28 Å². The van der Waals surface area contributed by atoms with Crippen LogP contribution in [0.4, 0.5) is 5.82 Å². The average molecular weight is 255 g/mol. The summed E-state index contributed by atoms with van der Waals surface area (Å²) in [6.45, 7) is 7.49. The number of aryl methyl sites for hydroxylation is 1. The molecule has 2 heterocycles. The Hall–Kier alpha value is -0.870. The molecule has 1 N–H and O–H groups in total.